The number of carbonyl (C=O) groups is 1. The first-order valence-corrected chi connectivity index (χ1v) is 11.4. The second-order valence-corrected chi connectivity index (χ2v) is 10.1. The van der Waals surface area contributed by atoms with Gasteiger partial charge in [0, 0.05) is 22.3 Å². The van der Waals surface area contributed by atoms with Crippen LogP contribution in [0.1, 0.15) is 54.9 Å². The zero-order valence-corrected chi connectivity index (χ0v) is 17.7. The highest BCUT2D eigenvalue weighted by molar-refractivity contribution is 7.99. The van der Waals surface area contributed by atoms with E-state index in [1.807, 2.05) is 24.3 Å². The van der Waals surface area contributed by atoms with E-state index in [9.17, 15) is 15.0 Å². The average molecular weight is 425 g/mol. The van der Waals surface area contributed by atoms with Crippen molar-refractivity contribution < 1.29 is 20.1 Å². The molecule has 0 saturated heterocycles. The van der Waals surface area contributed by atoms with Crippen LogP contribution in [0, 0.1) is 11.3 Å². The summed E-state index contributed by atoms with van der Waals surface area (Å²) in [6.45, 7) is 2.14. The van der Waals surface area contributed by atoms with Crippen molar-refractivity contribution in [1.82, 2.24) is 0 Å². The summed E-state index contributed by atoms with van der Waals surface area (Å²) in [5.41, 5.74) is 1.36. The van der Waals surface area contributed by atoms with Gasteiger partial charge in [-0.3, -0.25) is 0 Å². The van der Waals surface area contributed by atoms with Crippen LogP contribution in [-0.4, -0.2) is 44.1 Å². The largest absolute Gasteiger partial charge is 0.478 e. The van der Waals surface area contributed by atoms with Crippen molar-refractivity contribution in [3.05, 3.63) is 47.5 Å². The summed E-state index contributed by atoms with van der Waals surface area (Å²) in [6, 6.07) is 6.87. The summed E-state index contributed by atoms with van der Waals surface area (Å²) in [6.07, 6.45) is 7.76. The number of hydrogen-bond donors (Lipinski definition) is 3. The molecule has 0 aromatic heterocycles. The number of rotatable bonds is 8. The molecule has 2 aliphatic rings. The molecule has 28 heavy (non-hydrogen) atoms. The van der Waals surface area contributed by atoms with Gasteiger partial charge in [-0.05, 0) is 48.8 Å². The standard InChI is InChI=1S/C22H29ClO4S/c1-22(10-3-11-22)19(25)5-2-4-16-18(24)12-17(23)20(16)28-13-14-6-8-15(9-7-14)21(26)27/h2,4,6-9,16-20,24-25H,3,5,10-13H2,1H3,(H,26,27)/b4-2+/t16-,17?,18?,19?,20?/m0/s1. The highest BCUT2D eigenvalue weighted by atomic mass is 35.5. The number of halogens is 1. The van der Waals surface area contributed by atoms with Crippen molar-refractivity contribution in [1.29, 1.82) is 0 Å². The summed E-state index contributed by atoms with van der Waals surface area (Å²) in [5, 5.41) is 29.8. The van der Waals surface area contributed by atoms with Crippen LogP contribution in [-0.2, 0) is 5.75 Å². The molecular formula is C22H29ClO4S. The summed E-state index contributed by atoms with van der Waals surface area (Å²) in [7, 11) is 0. The van der Waals surface area contributed by atoms with E-state index in [0.29, 0.717) is 18.6 Å². The fourth-order valence-electron chi connectivity index (χ4n) is 4.09. The number of carboxylic acids is 1. The topological polar surface area (TPSA) is 77.8 Å². The first kappa shape index (κ1) is 21.7. The lowest BCUT2D eigenvalue weighted by molar-refractivity contribution is -0.0177. The van der Waals surface area contributed by atoms with Gasteiger partial charge in [-0.15, -0.1) is 11.6 Å². The Kier molecular flexibility index (Phi) is 7.13. The van der Waals surface area contributed by atoms with E-state index >= 15 is 0 Å². The highest BCUT2D eigenvalue weighted by Crippen LogP contribution is 2.45. The van der Waals surface area contributed by atoms with Crippen molar-refractivity contribution in [2.24, 2.45) is 11.3 Å². The van der Waals surface area contributed by atoms with Crippen molar-refractivity contribution in [2.75, 3.05) is 0 Å². The molecule has 2 aliphatic carbocycles. The molecule has 0 amide bonds. The number of benzene rings is 1. The van der Waals surface area contributed by atoms with Gasteiger partial charge in [-0.1, -0.05) is 37.6 Å². The fourth-order valence-corrected chi connectivity index (χ4v) is 6.05. The van der Waals surface area contributed by atoms with Gasteiger partial charge in [0.05, 0.1) is 17.8 Å². The molecule has 4 unspecified atom stereocenters. The molecule has 0 radical (unpaired) electrons. The average Bonchev–Trinajstić information content (AvgIpc) is 2.91. The van der Waals surface area contributed by atoms with E-state index in [0.717, 1.165) is 18.4 Å². The second-order valence-electron chi connectivity index (χ2n) is 8.36. The molecule has 5 atom stereocenters. The maximum Gasteiger partial charge on any atom is 0.335 e. The van der Waals surface area contributed by atoms with Crippen LogP contribution in [0.4, 0.5) is 0 Å². The van der Waals surface area contributed by atoms with Gasteiger partial charge in [-0.2, -0.15) is 11.8 Å². The minimum Gasteiger partial charge on any atom is -0.478 e. The van der Waals surface area contributed by atoms with Crippen molar-refractivity contribution >= 4 is 29.3 Å². The van der Waals surface area contributed by atoms with E-state index < -0.39 is 12.1 Å². The van der Waals surface area contributed by atoms with Gasteiger partial charge >= 0.3 is 5.97 Å². The molecule has 0 aliphatic heterocycles. The molecule has 4 nitrogen and oxygen atoms in total. The van der Waals surface area contributed by atoms with Crippen molar-refractivity contribution in [3.8, 4) is 0 Å². The van der Waals surface area contributed by atoms with Gasteiger partial charge < -0.3 is 15.3 Å². The Morgan fingerprint density at radius 2 is 2.04 bits per heavy atom. The number of carboxylic acid groups (broad SMARTS) is 1. The molecule has 3 N–H and O–H groups in total. The van der Waals surface area contributed by atoms with Crippen LogP contribution in [0.3, 0.4) is 0 Å². The Morgan fingerprint density at radius 1 is 1.36 bits per heavy atom. The number of aromatic carboxylic acids is 1. The lowest BCUT2D eigenvalue weighted by Crippen LogP contribution is -2.38. The van der Waals surface area contributed by atoms with Gasteiger partial charge in [0.15, 0.2) is 0 Å². The van der Waals surface area contributed by atoms with Crippen molar-refractivity contribution in [3.63, 3.8) is 0 Å². The van der Waals surface area contributed by atoms with E-state index in [-0.39, 0.29) is 33.6 Å². The summed E-state index contributed by atoms with van der Waals surface area (Å²) >= 11 is 8.20. The van der Waals surface area contributed by atoms with Crippen LogP contribution in [0.25, 0.3) is 0 Å². The number of alkyl halides is 1. The predicted octanol–water partition coefficient (Wildman–Crippen LogP) is 4.47. The Bertz CT molecular complexity index is 701. The fraction of sp³-hybridized carbons (Fsp3) is 0.591. The lowest BCUT2D eigenvalue weighted by atomic mass is 9.66. The maximum atomic E-state index is 11.0. The molecule has 3 rings (SSSR count). The van der Waals surface area contributed by atoms with Crippen LogP contribution in [0.15, 0.2) is 36.4 Å². The van der Waals surface area contributed by atoms with Crippen LogP contribution >= 0.6 is 23.4 Å². The molecule has 1 aromatic carbocycles. The van der Waals surface area contributed by atoms with Gasteiger partial charge in [0.25, 0.3) is 0 Å². The Labute approximate surface area is 176 Å². The monoisotopic (exact) mass is 424 g/mol. The molecular weight excluding hydrogens is 396 g/mol. The SMILES string of the molecule is CC1(C(O)C/C=C/[C@H]2C(O)CC(Cl)C2SCc2ccc(C(=O)O)cc2)CCC1. The normalized spacial score (nSPS) is 30.3. The molecule has 0 bridgehead atoms. The van der Waals surface area contributed by atoms with E-state index in [4.69, 9.17) is 16.7 Å². The minimum atomic E-state index is -0.929. The predicted molar refractivity (Wildman–Crippen MR) is 114 cm³/mol. The molecule has 0 heterocycles. The van der Waals surface area contributed by atoms with Gasteiger partial charge in [-0.25, -0.2) is 4.79 Å². The molecule has 6 heteroatoms. The number of thioether (sulfide) groups is 1. The molecule has 1 aromatic rings. The van der Waals surface area contributed by atoms with Crippen molar-refractivity contribution in [2.45, 2.75) is 67.6 Å². The highest BCUT2D eigenvalue weighted by Gasteiger charge is 2.41. The smallest absolute Gasteiger partial charge is 0.335 e. The second kappa shape index (κ2) is 9.21. The zero-order valence-electron chi connectivity index (χ0n) is 16.1. The number of aliphatic hydroxyl groups is 2. The molecule has 154 valence electrons. The van der Waals surface area contributed by atoms with Crippen LogP contribution in [0.5, 0.6) is 0 Å². The first-order valence-electron chi connectivity index (χ1n) is 9.91. The quantitative estimate of drug-likeness (QED) is 0.424. The third-order valence-electron chi connectivity index (χ3n) is 6.31. The Hall–Kier alpha value is -1.01. The van der Waals surface area contributed by atoms with E-state index in [2.05, 4.69) is 6.92 Å². The molecule has 0 spiro atoms. The summed E-state index contributed by atoms with van der Waals surface area (Å²) in [4.78, 5) is 11.0. The molecule has 2 saturated carbocycles. The zero-order chi connectivity index (χ0) is 20.3. The molecule has 2 fully saturated rings. The van der Waals surface area contributed by atoms with Gasteiger partial charge in [0.2, 0.25) is 0 Å². The number of aliphatic hydroxyl groups excluding tert-OH is 2. The Balaban J connectivity index is 1.57. The number of hydrogen-bond acceptors (Lipinski definition) is 4. The van der Waals surface area contributed by atoms with Crippen LogP contribution in [0.2, 0.25) is 0 Å². The summed E-state index contributed by atoms with van der Waals surface area (Å²) in [5.74, 6) is -0.250. The first-order chi connectivity index (χ1) is 13.3. The lowest BCUT2D eigenvalue weighted by Gasteiger charge is -2.42. The minimum absolute atomic E-state index is 0.0350. The van der Waals surface area contributed by atoms with E-state index in [1.165, 1.54) is 6.42 Å². The maximum absolute atomic E-state index is 11.0. The third kappa shape index (κ3) is 4.93. The van der Waals surface area contributed by atoms with E-state index in [1.54, 1.807) is 23.9 Å². The van der Waals surface area contributed by atoms with Crippen LogP contribution < -0.4 is 0 Å². The third-order valence-corrected chi connectivity index (χ3v) is 8.43. The van der Waals surface area contributed by atoms with Gasteiger partial charge in [0.1, 0.15) is 0 Å². The summed E-state index contributed by atoms with van der Waals surface area (Å²) < 4.78 is 0. The Morgan fingerprint density at radius 3 is 2.61 bits per heavy atom.